The number of methoxy groups -OCH3 is 1. The average Bonchev–Trinajstić information content (AvgIpc) is 2.38. The second-order valence-corrected chi connectivity index (χ2v) is 4.01. The number of ketones is 1. The summed E-state index contributed by atoms with van der Waals surface area (Å²) in [7, 11) is 1.49. The first-order valence-electron chi connectivity index (χ1n) is 5.57. The molecule has 2 nitrogen and oxygen atoms in total. The third-order valence-electron chi connectivity index (χ3n) is 2.72. The van der Waals surface area contributed by atoms with Gasteiger partial charge in [-0.25, -0.2) is 4.39 Å². The Morgan fingerprint density at radius 1 is 1.11 bits per heavy atom. The molecule has 2 aromatic carbocycles. The Morgan fingerprint density at radius 3 is 2.50 bits per heavy atom. The zero-order chi connectivity index (χ0) is 13.1. The lowest BCUT2D eigenvalue weighted by molar-refractivity contribution is 0.103. The number of aryl methyl sites for hydroxylation is 1. The Labute approximate surface area is 105 Å². The van der Waals surface area contributed by atoms with Gasteiger partial charge in [0.2, 0.25) is 0 Å². The van der Waals surface area contributed by atoms with E-state index < -0.39 is 5.82 Å². The summed E-state index contributed by atoms with van der Waals surface area (Å²) < 4.78 is 18.7. The van der Waals surface area contributed by atoms with Gasteiger partial charge in [-0.2, -0.15) is 0 Å². The first-order valence-corrected chi connectivity index (χ1v) is 5.57. The Balaban J connectivity index is 2.50. The van der Waals surface area contributed by atoms with Gasteiger partial charge in [-0.3, -0.25) is 4.79 Å². The molecule has 0 N–H and O–H groups in total. The summed E-state index contributed by atoms with van der Waals surface area (Å²) >= 11 is 0. The summed E-state index contributed by atoms with van der Waals surface area (Å²) in [5.41, 5.74) is 1.41. The first-order chi connectivity index (χ1) is 8.63. The van der Waals surface area contributed by atoms with E-state index in [0.717, 1.165) is 5.56 Å². The zero-order valence-corrected chi connectivity index (χ0v) is 10.2. The molecule has 0 radical (unpaired) electrons. The molecular formula is C15H13FO2. The van der Waals surface area contributed by atoms with Crippen molar-refractivity contribution in [1.82, 2.24) is 0 Å². The molecule has 0 aromatic heterocycles. The van der Waals surface area contributed by atoms with E-state index >= 15 is 0 Å². The van der Waals surface area contributed by atoms with Gasteiger partial charge in [0.05, 0.1) is 18.2 Å². The van der Waals surface area contributed by atoms with Crippen LogP contribution in [-0.2, 0) is 0 Å². The van der Waals surface area contributed by atoms with Crippen LogP contribution < -0.4 is 4.74 Å². The van der Waals surface area contributed by atoms with Crippen molar-refractivity contribution in [2.24, 2.45) is 0 Å². The van der Waals surface area contributed by atoms with Gasteiger partial charge < -0.3 is 4.74 Å². The number of ether oxygens (including phenoxy) is 1. The van der Waals surface area contributed by atoms with Gasteiger partial charge in [0.15, 0.2) is 5.78 Å². The van der Waals surface area contributed by atoms with Crippen LogP contribution in [-0.4, -0.2) is 12.9 Å². The summed E-state index contributed by atoms with van der Waals surface area (Å²) in [5.74, 6) is -0.432. The molecule has 2 aromatic rings. The second-order valence-electron chi connectivity index (χ2n) is 4.01. The number of rotatable bonds is 3. The SMILES string of the molecule is COc1cc(C)ccc1C(=O)c1ccccc1F. The minimum Gasteiger partial charge on any atom is -0.496 e. The van der Waals surface area contributed by atoms with Crippen LogP contribution >= 0.6 is 0 Å². The van der Waals surface area contributed by atoms with Crippen LogP contribution in [0.5, 0.6) is 5.75 Å². The molecule has 92 valence electrons. The summed E-state index contributed by atoms with van der Waals surface area (Å²) in [5, 5.41) is 0. The van der Waals surface area contributed by atoms with Gasteiger partial charge in [-0.1, -0.05) is 18.2 Å². The molecule has 0 spiro atoms. The Hall–Kier alpha value is -2.16. The molecule has 0 saturated carbocycles. The highest BCUT2D eigenvalue weighted by Gasteiger charge is 2.17. The van der Waals surface area contributed by atoms with Crippen LogP contribution in [0, 0.1) is 12.7 Å². The molecule has 0 aliphatic carbocycles. The third kappa shape index (κ3) is 2.25. The van der Waals surface area contributed by atoms with E-state index in [1.165, 1.54) is 19.2 Å². The maximum absolute atomic E-state index is 13.6. The van der Waals surface area contributed by atoms with Gasteiger partial charge in [0.25, 0.3) is 0 Å². The molecule has 3 heteroatoms. The lowest BCUT2D eigenvalue weighted by atomic mass is 10.0. The summed E-state index contributed by atoms with van der Waals surface area (Å²) in [6, 6.07) is 11.1. The van der Waals surface area contributed by atoms with Crippen molar-refractivity contribution in [2.45, 2.75) is 6.92 Å². The minimum absolute atomic E-state index is 0.0552. The van der Waals surface area contributed by atoms with Crippen molar-refractivity contribution in [1.29, 1.82) is 0 Å². The van der Waals surface area contributed by atoms with Crippen LogP contribution in [0.1, 0.15) is 21.5 Å². The second kappa shape index (κ2) is 5.00. The van der Waals surface area contributed by atoms with E-state index in [1.807, 2.05) is 6.92 Å². The minimum atomic E-state index is -0.523. The predicted octanol–water partition coefficient (Wildman–Crippen LogP) is 3.37. The van der Waals surface area contributed by atoms with Crippen LogP contribution in [0.4, 0.5) is 4.39 Å². The fraction of sp³-hybridized carbons (Fsp3) is 0.133. The Bertz CT molecular complexity index is 591. The number of hydrogen-bond donors (Lipinski definition) is 0. The molecule has 2 rings (SSSR count). The van der Waals surface area contributed by atoms with Crippen LogP contribution in [0.15, 0.2) is 42.5 Å². The van der Waals surface area contributed by atoms with E-state index in [2.05, 4.69) is 0 Å². The molecular weight excluding hydrogens is 231 g/mol. The molecule has 0 heterocycles. The van der Waals surface area contributed by atoms with Crippen LogP contribution in [0.2, 0.25) is 0 Å². The van der Waals surface area contributed by atoms with Crippen molar-refractivity contribution in [2.75, 3.05) is 7.11 Å². The van der Waals surface area contributed by atoms with Gasteiger partial charge in [0, 0.05) is 0 Å². The van der Waals surface area contributed by atoms with E-state index in [4.69, 9.17) is 4.74 Å². The standard InChI is InChI=1S/C15H13FO2/c1-10-7-8-12(14(9-10)18-2)15(17)11-5-3-4-6-13(11)16/h3-9H,1-2H3. The van der Waals surface area contributed by atoms with E-state index in [-0.39, 0.29) is 11.3 Å². The van der Waals surface area contributed by atoms with Crippen molar-refractivity contribution >= 4 is 5.78 Å². The van der Waals surface area contributed by atoms with Crippen molar-refractivity contribution in [3.8, 4) is 5.75 Å². The number of halogens is 1. The number of benzene rings is 2. The van der Waals surface area contributed by atoms with Gasteiger partial charge >= 0.3 is 0 Å². The molecule has 0 fully saturated rings. The maximum Gasteiger partial charge on any atom is 0.199 e. The monoisotopic (exact) mass is 244 g/mol. The number of carbonyl (C=O) groups is 1. The van der Waals surface area contributed by atoms with Crippen molar-refractivity contribution in [3.63, 3.8) is 0 Å². The highest BCUT2D eigenvalue weighted by Crippen LogP contribution is 2.23. The first kappa shape index (κ1) is 12.3. The fourth-order valence-electron chi connectivity index (χ4n) is 1.78. The van der Waals surface area contributed by atoms with Crippen LogP contribution in [0.25, 0.3) is 0 Å². The topological polar surface area (TPSA) is 26.3 Å². The predicted molar refractivity (Wildman–Crippen MR) is 67.6 cm³/mol. The van der Waals surface area contributed by atoms with Crippen molar-refractivity contribution in [3.05, 3.63) is 65.0 Å². The number of carbonyl (C=O) groups excluding carboxylic acids is 1. The van der Waals surface area contributed by atoms with E-state index in [1.54, 1.807) is 30.3 Å². The average molecular weight is 244 g/mol. The fourth-order valence-corrected chi connectivity index (χ4v) is 1.78. The van der Waals surface area contributed by atoms with Gasteiger partial charge in [-0.05, 0) is 36.8 Å². The quantitative estimate of drug-likeness (QED) is 0.774. The molecule has 0 unspecified atom stereocenters. The molecule has 0 atom stereocenters. The van der Waals surface area contributed by atoms with Crippen LogP contribution in [0.3, 0.4) is 0 Å². The summed E-state index contributed by atoms with van der Waals surface area (Å²) in [6.07, 6.45) is 0. The molecule has 0 amide bonds. The Kier molecular flexibility index (Phi) is 3.42. The summed E-state index contributed by atoms with van der Waals surface area (Å²) in [6.45, 7) is 1.90. The highest BCUT2D eigenvalue weighted by molar-refractivity contribution is 6.10. The zero-order valence-electron chi connectivity index (χ0n) is 10.2. The summed E-state index contributed by atoms with van der Waals surface area (Å²) in [4.78, 5) is 12.2. The smallest absolute Gasteiger partial charge is 0.199 e. The molecule has 18 heavy (non-hydrogen) atoms. The van der Waals surface area contributed by atoms with Gasteiger partial charge in [-0.15, -0.1) is 0 Å². The highest BCUT2D eigenvalue weighted by atomic mass is 19.1. The molecule has 0 saturated heterocycles. The molecule has 0 aliphatic rings. The normalized spacial score (nSPS) is 10.2. The lowest BCUT2D eigenvalue weighted by Gasteiger charge is -2.09. The van der Waals surface area contributed by atoms with Gasteiger partial charge in [0.1, 0.15) is 11.6 Å². The molecule has 0 bridgehead atoms. The van der Waals surface area contributed by atoms with Crippen molar-refractivity contribution < 1.29 is 13.9 Å². The largest absolute Gasteiger partial charge is 0.496 e. The number of hydrogen-bond acceptors (Lipinski definition) is 2. The van der Waals surface area contributed by atoms with E-state index in [9.17, 15) is 9.18 Å². The molecule has 0 aliphatic heterocycles. The lowest BCUT2D eigenvalue weighted by Crippen LogP contribution is -2.06. The Morgan fingerprint density at radius 2 is 1.83 bits per heavy atom. The third-order valence-corrected chi connectivity index (χ3v) is 2.72. The maximum atomic E-state index is 13.6. The van der Waals surface area contributed by atoms with E-state index in [0.29, 0.717) is 11.3 Å².